The number of hydrogen-bond donors (Lipinski definition) is 2. The van der Waals surface area contributed by atoms with Crippen molar-refractivity contribution in [3.05, 3.63) is 77.3 Å². The summed E-state index contributed by atoms with van der Waals surface area (Å²) in [6.07, 6.45) is 1.05. The summed E-state index contributed by atoms with van der Waals surface area (Å²) in [7, 11) is 1.20. The van der Waals surface area contributed by atoms with Crippen molar-refractivity contribution in [1.82, 2.24) is 4.57 Å². The van der Waals surface area contributed by atoms with Gasteiger partial charge in [0.05, 0.1) is 30.2 Å². The number of fused-ring (bicyclic) bond motifs is 1. The normalized spacial score (nSPS) is 15.7. The zero-order chi connectivity index (χ0) is 23.7. The third kappa shape index (κ3) is 4.00. The van der Waals surface area contributed by atoms with Crippen molar-refractivity contribution in [2.75, 3.05) is 12.4 Å². The van der Waals surface area contributed by atoms with Gasteiger partial charge in [0.1, 0.15) is 15.0 Å². The number of nitriles is 1. The maximum absolute atomic E-state index is 13.6. The number of nitrogens with two attached hydrogens (primary N) is 1. The van der Waals surface area contributed by atoms with Crippen LogP contribution in [0.2, 0.25) is 0 Å². The lowest BCUT2D eigenvalue weighted by atomic mass is 9.88. The minimum absolute atomic E-state index is 0.0459. The number of esters is 1. The van der Waals surface area contributed by atoms with Gasteiger partial charge in [0.2, 0.25) is 0 Å². The van der Waals surface area contributed by atoms with Crippen LogP contribution in [0.1, 0.15) is 16.4 Å². The highest BCUT2D eigenvalue weighted by molar-refractivity contribution is 7.10. The van der Waals surface area contributed by atoms with E-state index in [4.69, 9.17) is 5.73 Å². The van der Waals surface area contributed by atoms with E-state index in [1.165, 1.54) is 18.4 Å². The van der Waals surface area contributed by atoms with Crippen LogP contribution >= 0.6 is 22.7 Å². The van der Waals surface area contributed by atoms with E-state index in [9.17, 15) is 19.6 Å². The number of allylic oxidation sites excluding steroid dienone is 1. The first kappa shape index (κ1) is 22.3. The molecule has 0 unspecified atom stereocenters. The largest absolute Gasteiger partial charge is 0.466 e. The van der Waals surface area contributed by atoms with Crippen molar-refractivity contribution < 1.29 is 14.3 Å². The number of thiazole rings is 1. The molecule has 0 bridgehead atoms. The summed E-state index contributed by atoms with van der Waals surface area (Å²) in [4.78, 5) is 39.1. The fraction of sp³-hybridized carbons (Fsp3) is 0.130. The first-order valence-electron chi connectivity index (χ1n) is 9.73. The Labute approximate surface area is 196 Å². The quantitative estimate of drug-likeness (QED) is 0.547. The van der Waals surface area contributed by atoms with E-state index in [0.29, 0.717) is 5.69 Å². The van der Waals surface area contributed by atoms with E-state index in [-0.39, 0.29) is 26.2 Å². The highest BCUT2D eigenvalue weighted by atomic mass is 32.1. The first-order valence-corrected chi connectivity index (χ1v) is 11.4. The molecule has 2 aromatic heterocycles. The van der Waals surface area contributed by atoms with Gasteiger partial charge in [-0.05, 0) is 30.5 Å². The molecule has 0 saturated carbocycles. The molecule has 1 amide bonds. The van der Waals surface area contributed by atoms with Crippen LogP contribution in [0.25, 0.3) is 17.5 Å². The monoisotopic (exact) mass is 478 g/mol. The van der Waals surface area contributed by atoms with Crippen molar-refractivity contribution in [2.24, 2.45) is 5.73 Å². The van der Waals surface area contributed by atoms with Crippen molar-refractivity contribution in [1.29, 1.82) is 5.26 Å². The van der Waals surface area contributed by atoms with Gasteiger partial charge in [0, 0.05) is 16.6 Å². The Kier molecular flexibility index (Phi) is 6.00. The Morgan fingerprint density at radius 2 is 2.00 bits per heavy atom. The van der Waals surface area contributed by atoms with E-state index in [0.717, 1.165) is 32.4 Å². The van der Waals surface area contributed by atoms with Crippen molar-refractivity contribution in [3.8, 4) is 6.07 Å². The van der Waals surface area contributed by atoms with E-state index in [1.54, 1.807) is 12.1 Å². The second kappa shape index (κ2) is 8.90. The second-order valence-electron chi connectivity index (χ2n) is 7.17. The first-order chi connectivity index (χ1) is 15.8. The highest BCUT2D eigenvalue weighted by Gasteiger charge is 2.36. The van der Waals surface area contributed by atoms with E-state index < -0.39 is 23.4 Å². The highest BCUT2D eigenvalue weighted by Crippen LogP contribution is 2.38. The molecule has 0 fully saturated rings. The number of hydrogen-bond acceptors (Lipinski definition) is 8. The topological polar surface area (TPSA) is 127 Å². The standard InChI is InChI=1S/C23H18N4O4S2/c1-12-5-7-13(8-6-12)26-21(29)19-18(15-4-3-9-32-15)14(11-24)20(25)27-22(30)16(33-23(19)27)10-17(28)31-2/h3-10,18H,25H2,1-2H3,(H,26,29)/b16-10-/t18-/m1/s1. The van der Waals surface area contributed by atoms with Crippen LogP contribution in [-0.2, 0) is 14.3 Å². The molecule has 0 saturated heterocycles. The molecular weight excluding hydrogens is 460 g/mol. The molecule has 0 radical (unpaired) electrons. The van der Waals surface area contributed by atoms with Gasteiger partial charge in [-0.25, -0.2) is 4.79 Å². The number of carbonyl (C=O) groups excluding carboxylic acids is 2. The maximum atomic E-state index is 13.6. The third-order valence-corrected chi connectivity index (χ3v) is 7.15. The van der Waals surface area contributed by atoms with Crippen LogP contribution in [0.15, 0.2) is 52.1 Å². The summed E-state index contributed by atoms with van der Waals surface area (Å²) in [5.74, 6) is -2.01. The fourth-order valence-electron chi connectivity index (χ4n) is 3.51. The van der Waals surface area contributed by atoms with Crippen molar-refractivity contribution >= 4 is 57.7 Å². The number of aryl methyl sites for hydroxylation is 1. The fourth-order valence-corrected chi connectivity index (χ4v) is 5.49. The average Bonchev–Trinajstić information content (AvgIpc) is 3.44. The number of carbonyl (C=O) groups is 2. The van der Waals surface area contributed by atoms with Gasteiger partial charge < -0.3 is 15.8 Å². The molecular formula is C23H18N4O4S2. The number of aromatic nitrogens is 1. The Morgan fingerprint density at radius 1 is 1.27 bits per heavy atom. The summed E-state index contributed by atoms with van der Waals surface area (Å²) in [6.45, 7) is 1.94. The molecule has 1 atom stereocenters. The van der Waals surface area contributed by atoms with Gasteiger partial charge in [-0.3, -0.25) is 14.2 Å². The molecule has 8 nitrogen and oxygen atoms in total. The molecule has 0 aliphatic carbocycles. The van der Waals surface area contributed by atoms with E-state index in [1.807, 2.05) is 36.6 Å². The van der Waals surface area contributed by atoms with Crippen molar-refractivity contribution in [2.45, 2.75) is 12.8 Å². The SMILES string of the molecule is COC(=O)/C=c1\sc2n(c1=O)C(N)=C(C#N)[C@H](c1cccs1)C=2C(=O)Nc1ccc(C)cc1. The van der Waals surface area contributed by atoms with E-state index >= 15 is 0 Å². The molecule has 3 aromatic rings. The molecule has 1 aromatic carbocycles. The Balaban J connectivity index is 2.02. The number of methoxy groups -OCH3 is 1. The smallest absolute Gasteiger partial charge is 0.332 e. The predicted octanol–water partition coefficient (Wildman–Crippen LogP) is 1.47. The van der Waals surface area contributed by atoms with Crippen LogP contribution in [0.4, 0.5) is 5.69 Å². The minimum atomic E-state index is -0.760. The number of thiophene rings is 1. The Morgan fingerprint density at radius 3 is 2.61 bits per heavy atom. The van der Waals surface area contributed by atoms with Crippen molar-refractivity contribution in [3.63, 3.8) is 0 Å². The second-order valence-corrected chi connectivity index (χ2v) is 9.18. The van der Waals surface area contributed by atoms with Crippen LogP contribution in [-0.4, -0.2) is 23.6 Å². The molecule has 0 spiro atoms. The minimum Gasteiger partial charge on any atom is -0.466 e. The molecule has 1 aliphatic rings. The van der Waals surface area contributed by atoms with Gasteiger partial charge in [-0.1, -0.05) is 23.8 Å². The summed E-state index contributed by atoms with van der Waals surface area (Å²) in [5, 5.41) is 14.6. The zero-order valence-corrected chi connectivity index (χ0v) is 19.3. The van der Waals surface area contributed by atoms with Gasteiger partial charge in [0.25, 0.3) is 11.5 Å². The maximum Gasteiger partial charge on any atom is 0.332 e. The number of benzene rings is 1. The third-order valence-electron chi connectivity index (χ3n) is 5.10. The predicted molar refractivity (Wildman–Crippen MR) is 128 cm³/mol. The Bertz CT molecular complexity index is 1500. The van der Waals surface area contributed by atoms with Crippen LogP contribution in [0.3, 0.4) is 0 Å². The van der Waals surface area contributed by atoms with Gasteiger partial charge >= 0.3 is 5.97 Å². The number of anilines is 1. The summed E-state index contributed by atoms with van der Waals surface area (Å²) in [6, 6.07) is 13.0. The summed E-state index contributed by atoms with van der Waals surface area (Å²) in [5.41, 5.74) is 7.55. The molecule has 4 rings (SSSR count). The number of amides is 1. The van der Waals surface area contributed by atoms with Gasteiger partial charge in [-0.15, -0.1) is 22.7 Å². The lowest BCUT2D eigenvalue weighted by molar-refractivity contribution is -0.133. The van der Waals surface area contributed by atoms with Crippen LogP contribution in [0, 0.1) is 18.3 Å². The zero-order valence-electron chi connectivity index (χ0n) is 17.6. The number of nitrogens with zero attached hydrogens (tertiary/aromatic N) is 2. The number of ether oxygens (including phenoxy) is 1. The molecule has 3 N–H and O–H groups in total. The van der Waals surface area contributed by atoms with Crippen LogP contribution < -0.4 is 25.8 Å². The summed E-state index contributed by atoms with van der Waals surface area (Å²) >= 11 is 2.32. The van der Waals surface area contributed by atoms with Crippen LogP contribution in [0.5, 0.6) is 0 Å². The summed E-state index contributed by atoms with van der Waals surface area (Å²) < 4.78 is 6.06. The van der Waals surface area contributed by atoms with E-state index in [2.05, 4.69) is 16.1 Å². The average molecular weight is 479 g/mol. The molecule has 3 heterocycles. The lowest BCUT2D eigenvalue weighted by Crippen LogP contribution is -2.40. The Hall–Kier alpha value is -3.94. The number of rotatable bonds is 4. The molecule has 10 heteroatoms. The molecule has 1 aliphatic heterocycles. The van der Waals surface area contributed by atoms with Gasteiger partial charge in [-0.2, -0.15) is 5.26 Å². The number of nitrogens with one attached hydrogen (secondary N) is 1. The lowest BCUT2D eigenvalue weighted by Gasteiger charge is -2.24. The molecule has 33 heavy (non-hydrogen) atoms. The van der Waals surface area contributed by atoms with Gasteiger partial charge in [0.15, 0.2) is 0 Å². The molecule has 166 valence electrons.